The number of methoxy groups -OCH3 is 1. The molecule has 2 heterocycles. The molecule has 32 heavy (non-hydrogen) atoms. The molecular formula is C24H35BrN6O. The van der Waals surface area contributed by atoms with Crippen LogP contribution < -0.4 is 11.1 Å². The number of aromatic nitrogens is 3. The zero-order valence-corrected chi connectivity index (χ0v) is 21.5. The van der Waals surface area contributed by atoms with Crippen molar-refractivity contribution in [3.05, 3.63) is 63.8 Å². The third-order valence-electron chi connectivity index (χ3n) is 4.95. The molecule has 0 saturated carbocycles. The van der Waals surface area contributed by atoms with E-state index in [1.54, 1.807) is 13.3 Å². The highest BCUT2D eigenvalue weighted by atomic mass is 79.9. The number of nitrogens with one attached hydrogen (secondary N) is 1. The minimum absolute atomic E-state index is 0.722. The van der Waals surface area contributed by atoms with Crippen LogP contribution in [0.25, 0.3) is 11.2 Å². The second-order valence-electron chi connectivity index (χ2n) is 7.72. The number of fused-ring (bicyclic) bond motifs is 1. The van der Waals surface area contributed by atoms with Crippen molar-refractivity contribution < 1.29 is 4.74 Å². The molecule has 174 valence electrons. The molecular weight excluding hydrogens is 468 g/mol. The molecule has 0 saturated heterocycles. The Hall–Kier alpha value is -2.58. The number of likely N-dealkylation sites (N-methyl/N-ethyl adjacent to an activating group) is 1. The number of rotatable bonds is 11. The highest BCUT2D eigenvalue weighted by Gasteiger charge is 2.13. The third-order valence-corrected chi connectivity index (χ3v) is 5.51. The van der Waals surface area contributed by atoms with Gasteiger partial charge in [0.1, 0.15) is 11.6 Å². The number of hydrogen-bond donors (Lipinski definition) is 2. The van der Waals surface area contributed by atoms with Crippen molar-refractivity contribution in [2.24, 2.45) is 5.73 Å². The summed E-state index contributed by atoms with van der Waals surface area (Å²) in [6.07, 6.45) is 10.7. The maximum Gasteiger partial charge on any atom is 0.172 e. The van der Waals surface area contributed by atoms with Crippen molar-refractivity contribution in [1.29, 1.82) is 0 Å². The summed E-state index contributed by atoms with van der Waals surface area (Å²) in [6, 6.07) is 2.00. The molecule has 2 aromatic rings. The zero-order valence-electron chi connectivity index (χ0n) is 19.9. The van der Waals surface area contributed by atoms with E-state index in [1.165, 1.54) is 5.57 Å². The van der Waals surface area contributed by atoms with E-state index < -0.39 is 0 Å². The van der Waals surface area contributed by atoms with Crippen LogP contribution in [-0.4, -0.2) is 53.3 Å². The fraction of sp³-hybridized carbons (Fsp3) is 0.417. The van der Waals surface area contributed by atoms with Gasteiger partial charge in [-0.2, -0.15) is 9.61 Å². The number of nitrogens with zero attached hydrogens (tertiary/aromatic N) is 4. The predicted octanol–water partition coefficient (Wildman–Crippen LogP) is 4.99. The van der Waals surface area contributed by atoms with Crippen LogP contribution in [0.1, 0.15) is 39.8 Å². The number of hydrogen-bond acceptors (Lipinski definition) is 6. The van der Waals surface area contributed by atoms with Gasteiger partial charge in [0.25, 0.3) is 0 Å². The Kier molecular flexibility index (Phi) is 9.99. The number of nitrogens with two attached hydrogens (primary N) is 1. The van der Waals surface area contributed by atoms with Gasteiger partial charge in [-0.15, -0.1) is 0 Å². The predicted molar refractivity (Wildman–Crippen MR) is 137 cm³/mol. The molecule has 0 spiro atoms. The number of ether oxygens (including phenoxy) is 1. The first-order valence-electron chi connectivity index (χ1n) is 10.7. The first kappa shape index (κ1) is 25.7. The van der Waals surface area contributed by atoms with Crippen molar-refractivity contribution in [3.63, 3.8) is 0 Å². The minimum atomic E-state index is 0.722. The molecule has 0 aromatic carbocycles. The van der Waals surface area contributed by atoms with Crippen LogP contribution in [-0.2, 0) is 4.74 Å². The SMILES string of the molecule is C/C=C\C(OC)=C(/C)CN(C)CCCNc1cc(C(/C=C\C)=C(/C)N)nc2c(Br)cnn12. The molecule has 3 N–H and O–H groups in total. The van der Waals surface area contributed by atoms with Crippen LogP contribution in [0.15, 0.2) is 58.1 Å². The first-order chi connectivity index (χ1) is 15.3. The molecule has 7 nitrogen and oxygen atoms in total. The summed E-state index contributed by atoms with van der Waals surface area (Å²) in [7, 11) is 3.83. The van der Waals surface area contributed by atoms with E-state index in [1.807, 2.05) is 55.7 Å². The molecule has 0 unspecified atom stereocenters. The Morgan fingerprint density at radius 2 is 2.00 bits per heavy atom. The minimum Gasteiger partial charge on any atom is -0.497 e. The average molecular weight is 503 g/mol. The Morgan fingerprint density at radius 1 is 1.28 bits per heavy atom. The van der Waals surface area contributed by atoms with Gasteiger partial charge in [-0.25, -0.2) is 4.98 Å². The Morgan fingerprint density at radius 3 is 2.62 bits per heavy atom. The van der Waals surface area contributed by atoms with E-state index in [0.29, 0.717) is 0 Å². The lowest BCUT2D eigenvalue weighted by molar-refractivity contribution is 0.291. The van der Waals surface area contributed by atoms with E-state index in [4.69, 9.17) is 15.5 Å². The van der Waals surface area contributed by atoms with Crippen LogP contribution in [0.2, 0.25) is 0 Å². The second kappa shape index (κ2) is 12.5. The molecule has 8 heteroatoms. The molecule has 2 rings (SSSR count). The largest absolute Gasteiger partial charge is 0.497 e. The summed E-state index contributed by atoms with van der Waals surface area (Å²) in [4.78, 5) is 7.05. The van der Waals surface area contributed by atoms with Gasteiger partial charge in [0.05, 0.1) is 23.5 Å². The van der Waals surface area contributed by atoms with Crippen molar-refractivity contribution in [3.8, 4) is 0 Å². The van der Waals surface area contributed by atoms with E-state index in [0.717, 1.165) is 64.7 Å². The van der Waals surface area contributed by atoms with Crippen molar-refractivity contribution in [1.82, 2.24) is 19.5 Å². The van der Waals surface area contributed by atoms with Gasteiger partial charge in [-0.05, 0) is 75.3 Å². The maximum atomic E-state index is 6.12. The average Bonchev–Trinajstić information content (AvgIpc) is 3.13. The highest BCUT2D eigenvalue weighted by molar-refractivity contribution is 9.10. The van der Waals surface area contributed by atoms with Gasteiger partial charge in [-0.3, -0.25) is 0 Å². The quantitative estimate of drug-likeness (QED) is 0.256. The molecule has 0 aliphatic rings. The van der Waals surface area contributed by atoms with Gasteiger partial charge >= 0.3 is 0 Å². The zero-order chi connectivity index (χ0) is 23.7. The van der Waals surface area contributed by atoms with Crippen LogP contribution >= 0.6 is 15.9 Å². The third kappa shape index (κ3) is 6.71. The topological polar surface area (TPSA) is 80.7 Å². The van der Waals surface area contributed by atoms with Crippen molar-refractivity contribution in [2.75, 3.05) is 39.1 Å². The molecule has 0 amide bonds. The summed E-state index contributed by atoms with van der Waals surface area (Å²) in [5.74, 6) is 1.81. The fourth-order valence-electron chi connectivity index (χ4n) is 3.45. The molecule has 0 aliphatic heterocycles. The van der Waals surface area contributed by atoms with Crippen LogP contribution in [0, 0.1) is 0 Å². The lowest BCUT2D eigenvalue weighted by atomic mass is 10.1. The van der Waals surface area contributed by atoms with E-state index in [9.17, 15) is 0 Å². The molecule has 0 radical (unpaired) electrons. The Bertz CT molecular complexity index is 1030. The summed E-state index contributed by atoms with van der Waals surface area (Å²) >= 11 is 3.55. The van der Waals surface area contributed by atoms with Crippen molar-refractivity contribution >= 4 is 33.0 Å². The Balaban J connectivity index is 2.11. The van der Waals surface area contributed by atoms with E-state index >= 15 is 0 Å². The lowest BCUT2D eigenvalue weighted by Gasteiger charge is -2.19. The molecule has 0 atom stereocenters. The highest BCUT2D eigenvalue weighted by Crippen LogP contribution is 2.25. The summed E-state index contributed by atoms with van der Waals surface area (Å²) < 4.78 is 8.11. The molecule has 0 bridgehead atoms. The van der Waals surface area contributed by atoms with Gasteiger partial charge in [0, 0.05) is 30.4 Å². The molecule has 2 aromatic heterocycles. The monoisotopic (exact) mass is 502 g/mol. The lowest BCUT2D eigenvalue weighted by Crippen LogP contribution is -2.24. The number of allylic oxidation sites excluding steroid dienone is 6. The van der Waals surface area contributed by atoms with Crippen LogP contribution in [0.5, 0.6) is 0 Å². The van der Waals surface area contributed by atoms with Crippen molar-refractivity contribution in [2.45, 2.75) is 34.1 Å². The molecule has 0 fully saturated rings. The van der Waals surface area contributed by atoms with E-state index in [2.05, 4.69) is 45.2 Å². The van der Waals surface area contributed by atoms with Gasteiger partial charge < -0.3 is 20.7 Å². The number of halogens is 1. The summed E-state index contributed by atoms with van der Waals surface area (Å²) in [6.45, 7) is 10.6. The van der Waals surface area contributed by atoms with Crippen LogP contribution in [0.3, 0.4) is 0 Å². The summed E-state index contributed by atoms with van der Waals surface area (Å²) in [5, 5.41) is 7.97. The van der Waals surface area contributed by atoms with Gasteiger partial charge in [0.15, 0.2) is 5.65 Å². The van der Waals surface area contributed by atoms with Crippen LogP contribution in [0.4, 0.5) is 5.82 Å². The standard InChI is InChI=1S/C24H35BrN6O/c1-7-10-19(18(4)26)21-14-23(31-24(29-21)20(25)15-28-31)27-12-9-13-30(5)16-17(3)22(32-6)11-8-2/h7-8,10-11,14-15,27H,9,12-13,16,26H2,1-6H3/b10-7-,11-8-,19-18-,22-17-. The normalized spacial score (nSPS) is 13.9. The molecule has 0 aliphatic carbocycles. The first-order valence-corrected chi connectivity index (χ1v) is 11.5. The number of anilines is 1. The fourth-order valence-corrected chi connectivity index (χ4v) is 3.80. The smallest absolute Gasteiger partial charge is 0.172 e. The Labute approximate surface area is 199 Å². The maximum absolute atomic E-state index is 6.12. The summed E-state index contributed by atoms with van der Waals surface area (Å²) in [5.41, 5.74) is 10.5. The van der Waals surface area contributed by atoms with Gasteiger partial charge in [-0.1, -0.05) is 18.2 Å². The van der Waals surface area contributed by atoms with E-state index in [-0.39, 0.29) is 0 Å². The van der Waals surface area contributed by atoms with Gasteiger partial charge in [0.2, 0.25) is 0 Å². The second-order valence-corrected chi connectivity index (χ2v) is 8.57.